The first-order valence-corrected chi connectivity index (χ1v) is 15.2. The monoisotopic (exact) mass is 557 g/mol. The number of carbonyl (C=O) groups excluding carboxylic acids is 4. The van der Waals surface area contributed by atoms with Crippen LogP contribution in [-0.4, -0.2) is 23.6 Å². The van der Waals surface area contributed by atoms with Crippen LogP contribution < -0.4 is 15.5 Å². The molecule has 1 aliphatic carbocycles. The van der Waals surface area contributed by atoms with Gasteiger partial charge in [0, 0.05) is 17.8 Å². The maximum atomic E-state index is 13.3. The zero-order valence-corrected chi connectivity index (χ0v) is 24.4. The Labute approximate surface area is 243 Å². The normalized spacial score (nSPS) is 18.2. The maximum Gasteiger partial charge on any atom is 0.257 e. The summed E-state index contributed by atoms with van der Waals surface area (Å²) in [6.45, 7) is 4.20. The lowest BCUT2D eigenvalue weighted by atomic mass is 9.82. The Hall–Kier alpha value is -3.74. The molecule has 1 fully saturated rings. The molecule has 218 valence electrons. The minimum atomic E-state index is -0.427. The molecule has 2 N–H and O–H groups in total. The van der Waals surface area contributed by atoms with Crippen molar-refractivity contribution >= 4 is 40.7 Å². The zero-order valence-electron chi connectivity index (χ0n) is 24.4. The lowest BCUT2D eigenvalue weighted by molar-refractivity contribution is -0.122. The first kappa shape index (κ1) is 30.2. The van der Waals surface area contributed by atoms with E-state index in [-0.39, 0.29) is 35.1 Å². The minimum absolute atomic E-state index is 0.0426. The fourth-order valence-corrected chi connectivity index (χ4v) is 5.83. The zero-order chi connectivity index (χ0) is 29.2. The number of anilines is 3. The van der Waals surface area contributed by atoms with Gasteiger partial charge in [0.2, 0.25) is 17.7 Å². The van der Waals surface area contributed by atoms with Crippen molar-refractivity contribution in [1.82, 2.24) is 0 Å². The molecule has 7 heteroatoms. The number of imide groups is 1. The van der Waals surface area contributed by atoms with Gasteiger partial charge in [-0.05, 0) is 56.5 Å². The van der Waals surface area contributed by atoms with Crippen LogP contribution in [0.15, 0.2) is 60.2 Å². The Morgan fingerprint density at radius 1 is 0.805 bits per heavy atom. The van der Waals surface area contributed by atoms with E-state index in [1.807, 2.05) is 13.0 Å². The molecule has 7 nitrogen and oxygen atoms in total. The topological polar surface area (TPSA) is 95.6 Å². The highest BCUT2D eigenvalue weighted by molar-refractivity contribution is 6.25. The largest absolute Gasteiger partial charge is 0.326 e. The number of nitrogens with one attached hydrogen (secondary N) is 2. The number of hydrogen-bond acceptors (Lipinski definition) is 4. The van der Waals surface area contributed by atoms with Crippen LogP contribution in [0.2, 0.25) is 0 Å². The number of carbonyl (C=O) groups is 4. The van der Waals surface area contributed by atoms with Crippen molar-refractivity contribution in [1.29, 1.82) is 0 Å². The molecule has 4 rings (SSSR count). The molecule has 2 aliphatic rings. The number of benzene rings is 2. The number of hydrogen-bond donors (Lipinski definition) is 2. The van der Waals surface area contributed by atoms with E-state index in [9.17, 15) is 19.2 Å². The average Bonchev–Trinajstić information content (AvgIpc) is 3.20. The van der Waals surface area contributed by atoms with Crippen molar-refractivity contribution in [2.45, 2.75) is 90.9 Å². The molecule has 1 aliphatic heterocycles. The molecule has 4 amide bonds. The van der Waals surface area contributed by atoms with Crippen molar-refractivity contribution < 1.29 is 19.2 Å². The lowest BCUT2D eigenvalue weighted by Gasteiger charge is -2.19. The van der Waals surface area contributed by atoms with Gasteiger partial charge >= 0.3 is 0 Å². The quantitative estimate of drug-likeness (QED) is 0.142. The molecule has 0 bridgehead atoms. The first-order chi connectivity index (χ1) is 19.9. The summed E-state index contributed by atoms with van der Waals surface area (Å²) in [5.74, 6) is -1.72. The summed E-state index contributed by atoms with van der Waals surface area (Å²) in [7, 11) is 0. The molecule has 2 aromatic rings. The molecule has 0 aromatic heterocycles. The van der Waals surface area contributed by atoms with Crippen molar-refractivity contribution in [3.05, 3.63) is 65.7 Å². The first-order valence-electron chi connectivity index (χ1n) is 15.2. The molecule has 2 aromatic carbocycles. The van der Waals surface area contributed by atoms with Gasteiger partial charge in [-0.15, -0.1) is 0 Å². The smallest absolute Gasteiger partial charge is 0.257 e. The molecule has 41 heavy (non-hydrogen) atoms. The number of fused-ring (bicyclic) bond motifs is 1. The van der Waals surface area contributed by atoms with Gasteiger partial charge in [-0.2, -0.15) is 0 Å². The number of allylic oxidation sites excluding steroid dienone is 2. The second-order valence-electron chi connectivity index (χ2n) is 11.4. The van der Waals surface area contributed by atoms with E-state index >= 15 is 0 Å². The summed E-state index contributed by atoms with van der Waals surface area (Å²) in [5, 5.41) is 5.80. The molecule has 0 spiro atoms. The summed E-state index contributed by atoms with van der Waals surface area (Å²) in [4.78, 5) is 53.5. The molecule has 0 saturated carbocycles. The number of unbranched alkanes of at least 4 members (excludes halogenated alkanes) is 8. The van der Waals surface area contributed by atoms with Crippen molar-refractivity contribution in [2.24, 2.45) is 11.8 Å². The molecule has 0 unspecified atom stereocenters. The third-order valence-electron chi connectivity index (χ3n) is 8.12. The molecule has 0 radical (unpaired) electrons. The van der Waals surface area contributed by atoms with E-state index in [1.54, 1.807) is 48.5 Å². The van der Waals surface area contributed by atoms with Crippen LogP contribution in [0.5, 0.6) is 0 Å². The molecular weight excluding hydrogens is 514 g/mol. The van der Waals surface area contributed by atoms with Gasteiger partial charge in [-0.1, -0.05) is 88.1 Å². The van der Waals surface area contributed by atoms with Gasteiger partial charge in [0.25, 0.3) is 5.91 Å². The predicted molar refractivity (Wildman–Crippen MR) is 164 cm³/mol. The van der Waals surface area contributed by atoms with Crippen LogP contribution in [0.25, 0.3) is 0 Å². The summed E-state index contributed by atoms with van der Waals surface area (Å²) in [6.07, 6.45) is 14.4. The van der Waals surface area contributed by atoms with Gasteiger partial charge in [0.15, 0.2) is 0 Å². The average molecular weight is 558 g/mol. The number of nitrogens with zero attached hydrogens (tertiary/aromatic N) is 1. The van der Waals surface area contributed by atoms with E-state index in [2.05, 4.69) is 17.6 Å². The summed E-state index contributed by atoms with van der Waals surface area (Å²) in [5.41, 5.74) is 2.78. The predicted octanol–water partition coefficient (Wildman–Crippen LogP) is 7.64. The maximum absolute atomic E-state index is 13.3. The third-order valence-corrected chi connectivity index (χ3v) is 8.12. The third kappa shape index (κ3) is 7.93. The van der Waals surface area contributed by atoms with E-state index in [0.29, 0.717) is 36.3 Å². The van der Waals surface area contributed by atoms with E-state index in [1.165, 1.54) is 43.4 Å². The van der Waals surface area contributed by atoms with Crippen molar-refractivity contribution in [2.75, 3.05) is 15.5 Å². The Bertz CT molecular complexity index is 1280. The molecule has 1 heterocycles. The van der Waals surface area contributed by atoms with E-state index in [0.717, 1.165) is 24.8 Å². The fraction of sp³-hybridized carbons (Fsp3) is 0.471. The molecule has 1 saturated heterocycles. The summed E-state index contributed by atoms with van der Waals surface area (Å²) < 4.78 is 0. The van der Waals surface area contributed by atoms with Gasteiger partial charge in [-0.25, -0.2) is 4.90 Å². The lowest BCUT2D eigenvalue weighted by Crippen LogP contribution is -2.33. The summed E-state index contributed by atoms with van der Waals surface area (Å²) >= 11 is 0. The van der Waals surface area contributed by atoms with Crippen LogP contribution >= 0.6 is 0 Å². The highest BCUT2D eigenvalue weighted by Crippen LogP contribution is 2.40. The number of para-hydroxylation sites is 1. The van der Waals surface area contributed by atoms with Crippen LogP contribution in [-0.2, 0) is 14.4 Å². The van der Waals surface area contributed by atoms with E-state index in [4.69, 9.17) is 0 Å². The van der Waals surface area contributed by atoms with Gasteiger partial charge in [0.1, 0.15) is 0 Å². The highest BCUT2D eigenvalue weighted by atomic mass is 16.2. The van der Waals surface area contributed by atoms with Gasteiger partial charge in [0.05, 0.1) is 23.1 Å². The van der Waals surface area contributed by atoms with E-state index < -0.39 is 5.91 Å². The standard InChI is InChI=1S/C34H43N3O4/c1-3-4-5-6-7-8-9-10-11-19-31(38)35-25-15-14-16-26(23-25)36-32(39)28-17-12-13-18-30(28)37-33(40)27-21-20-24(2)22-29(27)34(37)41/h12-18,20,23,27,29H,3-11,19,21-22H2,1-2H3,(H,35,38)(H,36,39)/t27-,29-/m0/s1. The van der Waals surface area contributed by atoms with Crippen LogP contribution in [0.4, 0.5) is 17.1 Å². The fourth-order valence-electron chi connectivity index (χ4n) is 5.83. The van der Waals surface area contributed by atoms with Crippen molar-refractivity contribution in [3.8, 4) is 0 Å². The Morgan fingerprint density at radius 2 is 1.44 bits per heavy atom. The minimum Gasteiger partial charge on any atom is -0.326 e. The Balaban J connectivity index is 1.31. The van der Waals surface area contributed by atoms with Gasteiger partial charge in [-0.3, -0.25) is 19.2 Å². The Kier molecular flexibility index (Phi) is 10.9. The van der Waals surface area contributed by atoms with Crippen LogP contribution in [0, 0.1) is 11.8 Å². The number of rotatable bonds is 14. The number of amides is 4. The highest BCUT2D eigenvalue weighted by Gasteiger charge is 2.49. The van der Waals surface area contributed by atoms with Gasteiger partial charge < -0.3 is 10.6 Å². The summed E-state index contributed by atoms with van der Waals surface area (Å²) in [6, 6.07) is 13.7. The van der Waals surface area contributed by atoms with Crippen LogP contribution in [0.1, 0.15) is 101 Å². The molecular formula is C34H43N3O4. The van der Waals surface area contributed by atoms with Crippen LogP contribution in [0.3, 0.4) is 0 Å². The SMILES string of the molecule is CCCCCCCCCCCC(=O)Nc1cccc(NC(=O)c2ccccc2N2C(=O)[C@H]3CC=C(C)C[C@@H]3C2=O)c1. The van der Waals surface area contributed by atoms with Crippen molar-refractivity contribution in [3.63, 3.8) is 0 Å². The molecule has 2 atom stereocenters. The second kappa shape index (κ2) is 14.8. The Morgan fingerprint density at radius 3 is 2.17 bits per heavy atom. The second-order valence-corrected chi connectivity index (χ2v) is 11.4.